The molecule has 0 atom stereocenters. The van der Waals surface area contributed by atoms with Crippen LogP contribution < -0.4 is 5.32 Å². The van der Waals surface area contributed by atoms with Crippen molar-refractivity contribution in [3.05, 3.63) is 0 Å². The zero-order chi connectivity index (χ0) is 15.6. The summed E-state index contributed by atoms with van der Waals surface area (Å²) in [5.74, 6) is 0.686. The van der Waals surface area contributed by atoms with Crippen molar-refractivity contribution in [2.75, 3.05) is 65.9 Å². The highest BCUT2D eigenvalue weighted by Crippen LogP contribution is 1.88. The Morgan fingerprint density at radius 1 is 0.714 bits per heavy atom. The van der Waals surface area contributed by atoms with E-state index in [1.165, 1.54) is 6.42 Å². The lowest BCUT2D eigenvalue weighted by Crippen LogP contribution is -2.24. The number of rotatable bonds is 17. The molecule has 0 aliphatic heterocycles. The first-order valence-corrected chi connectivity index (χ1v) is 8.29. The number of ether oxygens (including phenoxy) is 4. The average Bonchev–Trinajstić information content (AvgIpc) is 2.46. The van der Waals surface area contributed by atoms with Crippen molar-refractivity contribution in [2.24, 2.45) is 5.92 Å². The number of nitrogens with one attached hydrogen (secondary N) is 1. The SMILES string of the molecule is CCCCOCCOCCOCCOCCNCC(C)C. The molecule has 1 N–H and O–H groups in total. The molecule has 0 amide bonds. The fourth-order valence-electron chi connectivity index (χ4n) is 1.54. The second-order valence-electron chi connectivity index (χ2n) is 5.40. The highest BCUT2D eigenvalue weighted by molar-refractivity contribution is 4.49. The van der Waals surface area contributed by atoms with E-state index in [2.05, 4.69) is 26.1 Å². The van der Waals surface area contributed by atoms with E-state index in [1.54, 1.807) is 0 Å². The maximum atomic E-state index is 5.45. The predicted molar refractivity (Wildman–Crippen MR) is 85.9 cm³/mol. The molecule has 0 heterocycles. The van der Waals surface area contributed by atoms with E-state index in [0.717, 1.165) is 32.7 Å². The lowest BCUT2D eigenvalue weighted by molar-refractivity contribution is -0.00171. The summed E-state index contributed by atoms with van der Waals surface area (Å²) >= 11 is 0. The minimum absolute atomic E-state index is 0.615. The minimum Gasteiger partial charge on any atom is -0.379 e. The van der Waals surface area contributed by atoms with Crippen LogP contribution >= 0.6 is 0 Å². The van der Waals surface area contributed by atoms with Crippen LogP contribution in [0.15, 0.2) is 0 Å². The molecule has 0 aliphatic carbocycles. The lowest BCUT2D eigenvalue weighted by Gasteiger charge is -2.09. The molecule has 128 valence electrons. The van der Waals surface area contributed by atoms with Crippen molar-refractivity contribution in [1.29, 1.82) is 0 Å². The molecule has 0 spiro atoms. The second kappa shape index (κ2) is 17.9. The molecular formula is C16H35NO4. The smallest absolute Gasteiger partial charge is 0.0701 e. The molecule has 0 saturated heterocycles. The third kappa shape index (κ3) is 19.8. The van der Waals surface area contributed by atoms with Crippen LogP contribution in [-0.2, 0) is 18.9 Å². The normalized spacial score (nSPS) is 11.4. The highest BCUT2D eigenvalue weighted by atomic mass is 16.6. The van der Waals surface area contributed by atoms with E-state index < -0.39 is 0 Å². The summed E-state index contributed by atoms with van der Waals surface area (Å²) in [4.78, 5) is 0. The standard InChI is InChI=1S/C16H35NO4/c1-4-5-7-18-9-11-20-13-14-21-12-10-19-8-6-17-15-16(2)3/h16-17H,4-15H2,1-3H3. The Hall–Kier alpha value is -0.200. The number of unbranched alkanes of at least 4 members (excludes halogenated alkanes) is 1. The van der Waals surface area contributed by atoms with Gasteiger partial charge in [-0.25, -0.2) is 0 Å². The summed E-state index contributed by atoms with van der Waals surface area (Å²) in [5.41, 5.74) is 0. The summed E-state index contributed by atoms with van der Waals surface area (Å²) in [7, 11) is 0. The summed E-state index contributed by atoms with van der Waals surface area (Å²) in [6, 6.07) is 0. The highest BCUT2D eigenvalue weighted by Gasteiger charge is 1.94. The molecule has 0 radical (unpaired) electrons. The van der Waals surface area contributed by atoms with Crippen molar-refractivity contribution in [1.82, 2.24) is 5.32 Å². The molecule has 0 unspecified atom stereocenters. The van der Waals surface area contributed by atoms with Crippen molar-refractivity contribution in [3.8, 4) is 0 Å². The Morgan fingerprint density at radius 2 is 1.19 bits per heavy atom. The Morgan fingerprint density at radius 3 is 1.67 bits per heavy atom. The van der Waals surface area contributed by atoms with Crippen LogP contribution in [0.4, 0.5) is 0 Å². The van der Waals surface area contributed by atoms with Crippen molar-refractivity contribution in [3.63, 3.8) is 0 Å². The van der Waals surface area contributed by atoms with Crippen molar-refractivity contribution < 1.29 is 18.9 Å². The summed E-state index contributed by atoms with van der Waals surface area (Å²) in [6.07, 6.45) is 2.29. The summed E-state index contributed by atoms with van der Waals surface area (Å²) in [5, 5.41) is 3.33. The van der Waals surface area contributed by atoms with E-state index in [4.69, 9.17) is 18.9 Å². The van der Waals surface area contributed by atoms with Gasteiger partial charge in [0.2, 0.25) is 0 Å². The monoisotopic (exact) mass is 305 g/mol. The number of hydrogen-bond donors (Lipinski definition) is 1. The molecule has 0 aromatic heterocycles. The van der Waals surface area contributed by atoms with E-state index in [9.17, 15) is 0 Å². The topological polar surface area (TPSA) is 49.0 Å². The van der Waals surface area contributed by atoms with Gasteiger partial charge in [-0.05, 0) is 18.9 Å². The Kier molecular flexibility index (Phi) is 17.7. The van der Waals surface area contributed by atoms with Crippen molar-refractivity contribution in [2.45, 2.75) is 33.6 Å². The van der Waals surface area contributed by atoms with Crippen LogP contribution in [0.1, 0.15) is 33.6 Å². The van der Waals surface area contributed by atoms with Gasteiger partial charge in [-0.15, -0.1) is 0 Å². The first kappa shape index (κ1) is 20.8. The maximum absolute atomic E-state index is 5.45. The lowest BCUT2D eigenvalue weighted by atomic mass is 10.2. The van der Waals surface area contributed by atoms with E-state index in [0.29, 0.717) is 45.6 Å². The van der Waals surface area contributed by atoms with Gasteiger partial charge < -0.3 is 24.3 Å². The Labute approximate surface area is 130 Å². The zero-order valence-corrected chi connectivity index (χ0v) is 14.2. The minimum atomic E-state index is 0.615. The van der Waals surface area contributed by atoms with E-state index >= 15 is 0 Å². The van der Waals surface area contributed by atoms with Gasteiger partial charge in [0.25, 0.3) is 0 Å². The van der Waals surface area contributed by atoms with Crippen molar-refractivity contribution >= 4 is 0 Å². The third-order valence-corrected chi connectivity index (χ3v) is 2.73. The van der Waals surface area contributed by atoms with Gasteiger partial charge in [-0.2, -0.15) is 0 Å². The molecule has 0 aliphatic rings. The van der Waals surface area contributed by atoms with Gasteiger partial charge in [0.1, 0.15) is 0 Å². The molecule has 21 heavy (non-hydrogen) atoms. The van der Waals surface area contributed by atoms with Crippen LogP contribution in [0.25, 0.3) is 0 Å². The number of hydrogen-bond acceptors (Lipinski definition) is 5. The Balaban J connectivity index is 2.93. The molecule has 5 nitrogen and oxygen atoms in total. The van der Waals surface area contributed by atoms with Gasteiger partial charge in [0, 0.05) is 13.2 Å². The molecule has 0 aromatic carbocycles. The van der Waals surface area contributed by atoms with E-state index in [1.807, 2.05) is 0 Å². The van der Waals surface area contributed by atoms with Crippen LogP contribution in [0.3, 0.4) is 0 Å². The largest absolute Gasteiger partial charge is 0.379 e. The first-order valence-electron chi connectivity index (χ1n) is 8.29. The quantitative estimate of drug-likeness (QED) is 0.417. The summed E-state index contributed by atoms with van der Waals surface area (Å²) < 4.78 is 21.6. The molecule has 0 rings (SSSR count). The molecule has 0 bridgehead atoms. The van der Waals surface area contributed by atoms with Crippen LogP contribution in [-0.4, -0.2) is 65.9 Å². The maximum Gasteiger partial charge on any atom is 0.0701 e. The first-order chi connectivity index (χ1) is 10.3. The van der Waals surface area contributed by atoms with Gasteiger partial charge in [-0.3, -0.25) is 0 Å². The van der Waals surface area contributed by atoms with Gasteiger partial charge in [0.15, 0.2) is 0 Å². The van der Waals surface area contributed by atoms with Crippen LogP contribution in [0, 0.1) is 5.92 Å². The third-order valence-electron chi connectivity index (χ3n) is 2.73. The van der Waals surface area contributed by atoms with Gasteiger partial charge in [0.05, 0.1) is 46.2 Å². The van der Waals surface area contributed by atoms with Gasteiger partial charge in [-0.1, -0.05) is 27.2 Å². The Bertz CT molecular complexity index is 191. The molecule has 0 aromatic rings. The fraction of sp³-hybridized carbons (Fsp3) is 1.00. The van der Waals surface area contributed by atoms with Gasteiger partial charge >= 0.3 is 0 Å². The van der Waals surface area contributed by atoms with Crippen LogP contribution in [0.5, 0.6) is 0 Å². The zero-order valence-electron chi connectivity index (χ0n) is 14.2. The molecular weight excluding hydrogens is 270 g/mol. The second-order valence-corrected chi connectivity index (χ2v) is 5.40. The average molecular weight is 305 g/mol. The molecule has 0 saturated carbocycles. The molecule has 5 heteroatoms. The summed E-state index contributed by atoms with van der Waals surface area (Å²) in [6.45, 7) is 13.9. The van der Waals surface area contributed by atoms with E-state index in [-0.39, 0.29) is 0 Å². The molecule has 0 fully saturated rings. The van der Waals surface area contributed by atoms with Crippen LogP contribution in [0.2, 0.25) is 0 Å². The predicted octanol–water partition coefficient (Wildman–Crippen LogP) is 2.10. The fourth-order valence-corrected chi connectivity index (χ4v) is 1.54.